The number of rotatable bonds is 6. The lowest BCUT2D eigenvalue weighted by Gasteiger charge is -2.26. The van der Waals surface area contributed by atoms with E-state index in [2.05, 4.69) is 7.05 Å². The molecular weight excluding hydrogens is 422 g/mol. The van der Waals surface area contributed by atoms with Gasteiger partial charge in [-0.1, -0.05) is 0 Å². The molecule has 1 unspecified atom stereocenters. The summed E-state index contributed by atoms with van der Waals surface area (Å²) in [4.78, 5) is 0. The van der Waals surface area contributed by atoms with Crippen LogP contribution in [0.15, 0.2) is 0 Å². The largest absolute Gasteiger partial charge is 0.480 e. The molecule has 158 valence electrons. The molecule has 1 saturated heterocycles. The van der Waals surface area contributed by atoms with Gasteiger partial charge in [0.1, 0.15) is 19.7 Å². The monoisotopic (exact) mass is 440 g/mol. The van der Waals surface area contributed by atoms with Crippen LogP contribution in [0.4, 0.5) is 26.3 Å². The lowest BCUT2D eigenvalue weighted by atomic mass is 10.4. The molecule has 1 rings (SSSR count). The van der Waals surface area contributed by atoms with Crippen LogP contribution in [0.2, 0.25) is 0 Å². The summed E-state index contributed by atoms with van der Waals surface area (Å²) in [6.45, 7) is 7.67. The Kier molecular flexibility index (Phi) is 8.77. The Morgan fingerprint density at radius 3 is 1.81 bits per heavy atom. The highest BCUT2D eigenvalue weighted by Gasteiger charge is 2.46. The zero-order valence-corrected chi connectivity index (χ0v) is 15.3. The van der Waals surface area contributed by atoms with Crippen LogP contribution in [0.25, 0.3) is 4.13 Å². The van der Waals surface area contributed by atoms with E-state index in [1.807, 2.05) is 6.92 Å². The lowest BCUT2D eigenvalue weighted by Crippen LogP contribution is -2.43. The number of quaternary nitrogens is 1. The molecule has 1 heterocycles. The van der Waals surface area contributed by atoms with E-state index in [9.17, 15) is 43.2 Å². The number of halogens is 6. The minimum absolute atomic E-state index is 0.778. The van der Waals surface area contributed by atoms with Gasteiger partial charge in [0.15, 0.2) is 26.8 Å². The number of hydrogen-bond donors (Lipinski definition) is 0. The van der Waals surface area contributed by atoms with Crippen molar-refractivity contribution < 1.29 is 57.1 Å². The van der Waals surface area contributed by atoms with Gasteiger partial charge in [-0.3, -0.25) is 4.48 Å². The average molecular weight is 440 g/mol. The van der Waals surface area contributed by atoms with Crippen LogP contribution in [-0.4, -0.2) is 79.0 Å². The zero-order valence-electron chi connectivity index (χ0n) is 13.7. The van der Waals surface area contributed by atoms with E-state index in [-0.39, 0.29) is 0 Å². The molecule has 0 radical (unpaired) electrons. The maximum absolute atomic E-state index is 11.4. The summed E-state index contributed by atoms with van der Waals surface area (Å²) in [7, 11) is -11.2. The normalized spacial score (nSPS) is 22.0. The van der Waals surface area contributed by atoms with Gasteiger partial charge in [-0.25, -0.2) is 16.8 Å². The number of hydrogen-bond acceptors (Lipinski definition) is 6. The van der Waals surface area contributed by atoms with Crippen LogP contribution in [0.1, 0.15) is 6.92 Å². The molecule has 0 aromatic carbocycles. The first kappa shape index (κ1) is 25.3. The Bertz CT molecular complexity index is 598. The van der Waals surface area contributed by atoms with Crippen molar-refractivity contribution in [1.29, 1.82) is 0 Å². The highest BCUT2D eigenvalue weighted by molar-refractivity contribution is 8.13. The number of likely N-dealkylation sites (N-methyl/N-ethyl adjacent to an activating group) is 1. The third-order valence-corrected chi connectivity index (χ3v) is 5.68. The molecule has 0 spiro atoms. The molecule has 0 aromatic heterocycles. The molecule has 1 aliphatic heterocycles. The van der Waals surface area contributed by atoms with Crippen molar-refractivity contribution in [3.63, 3.8) is 0 Å². The summed E-state index contributed by atoms with van der Waals surface area (Å²) >= 11 is 0. The Hall–Kier alpha value is -0.680. The van der Waals surface area contributed by atoms with Crippen molar-refractivity contribution in [3.8, 4) is 0 Å². The Morgan fingerprint density at radius 2 is 1.50 bits per heavy atom. The van der Waals surface area contributed by atoms with Crippen LogP contribution >= 0.6 is 0 Å². The van der Waals surface area contributed by atoms with Gasteiger partial charge >= 0.3 is 11.0 Å². The predicted octanol–water partition coefficient (Wildman–Crippen LogP) is 1.52. The van der Waals surface area contributed by atoms with Crippen molar-refractivity contribution in [2.24, 2.45) is 0 Å². The highest BCUT2D eigenvalue weighted by Crippen LogP contribution is 2.36. The van der Waals surface area contributed by atoms with E-state index >= 15 is 0 Å². The maximum Gasteiger partial charge on any atom is 0.480 e. The fourth-order valence-corrected chi connectivity index (χ4v) is 3.16. The molecule has 0 aromatic rings. The van der Waals surface area contributed by atoms with Gasteiger partial charge in [0, 0.05) is 6.61 Å². The number of nitrogens with zero attached hydrogens (tertiary/aromatic N) is 2. The van der Waals surface area contributed by atoms with Crippen LogP contribution in [0.5, 0.6) is 0 Å². The second kappa shape index (κ2) is 9.01. The third-order valence-electron chi connectivity index (χ3n) is 2.94. The fraction of sp³-hybridized carbons (Fsp3) is 1.00. The van der Waals surface area contributed by atoms with Crippen LogP contribution in [0.3, 0.4) is 0 Å². The zero-order chi connectivity index (χ0) is 20.9. The van der Waals surface area contributed by atoms with Crippen LogP contribution in [0, 0.1) is 0 Å². The molecule has 1 aliphatic rings. The van der Waals surface area contributed by atoms with Crippen molar-refractivity contribution in [2.75, 3.05) is 46.7 Å². The third kappa shape index (κ3) is 7.91. The Balaban J connectivity index is 0.000000502. The quantitative estimate of drug-likeness (QED) is 0.353. The number of ether oxygens (including phenoxy) is 2. The van der Waals surface area contributed by atoms with Crippen molar-refractivity contribution in [2.45, 2.75) is 17.9 Å². The molecular formula is C10H18F6N2O6S2. The Labute approximate surface area is 146 Å². The molecule has 26 heavy (non-hydrogen) atoms. The summed E-state index contributed by atoms with van der Waals surface area (Å²) in [6, 6.07) is 0. The first-order valence-electron chi connectivity index (χ1n) is 6.83. The van der Waals surface area contributed by atoms with Gasteiger partial charge in [0.2, 0.25) is 0 Å². The molecule has 0 bridgehead atoms. The number of sulfonamides is 2. The van der Waals surface area contributed by atoms with Crippen molar-refractivity contribution >= 4 is 20.0 Å². The number of alkyl halides is 6. The van der Waals surface area contributed by atoms with Gasteiger partial charge in [-0.2, -0.15) is 26.3 Å². The molecule has 8 nitrogen and oxygen atoms in total. The average Bonchev–Trinajstić information content (AvgIpc) is 2.83. The summed E-state index contributed by atoms with van der Waals surface area (Å²) in [5.74, 6) is 0. The van der Waals surface area contributed by atoms with E-state index in [1.54, 1.807) is 0 Å². The fourth-order valence-electron chi connectivity index (χ4n) is 1.45. The second-order valence-electron chi connectivity index (χ2n) is 5.22. The minimum atomic E-state index is -6.72. The molecule has 0 aliphatic carbocycles. The molecule has 0 amide bonds. The standard InChI is InChI=1S/C8H18NO2.C2F6NO4S2/c1-3-10-6-4-9(2)5-7-11-8-9;3-1(4,5)14(10,11)9-15(12,13)2(6,7)8/h3-8H2,1-2H3;/q+1;-1. The first-order valence-corrected chi connectivity index (χ1v) is 9.71. The van der Waals surface area contributed by atoms with E-state index in [4.69, 9.17) is 9.47 Å². The summed E-state index contributed by atoms with van der Waals surface area (Å²) < 4.78 is 121. The van der Waals surface area contributed by atoms with Gasteiger partial charge in [-0.15, -0.1) is 0 Å². The first-order chi connectivity index (χ1) is 11.5. The van der Waals surface area contributed by atoms with Gasteiger partial charge in [-0.05, 0) is 6.92 Å². The Morgan fingerprint density at radius 1 is 1.04 bits per heavy atom. The highest BCUT2D eigenvalue weighted by atomic mass is 32.3. The maximum atomic E-state index is 11.4. The van der Waals surface area contributed by atoms with Crippen molar-refractivity contribution in [3.05, 3.63) is 4.13 Å². The summed E-state index contributed by atoms with van der Waals surface area (Å²) in [5, 5.41) is 0. The van der Waals surface area contributed by atoms with Gasteiger partial charge in [0.05, 0.1) is 13.7 Å². The molecule has 0 saturated carbocycles. The summed E-state index contributed by atoms with van der Waals surface area (Å²) in [6.07, 6.45) is 0. The predicted molar refractivity (Wildman–Crippen MR) is 76.5 cm³/mol. The van der Waals surface area contributed by atoms with Crippen LogP contribution in [-0.2, 0) is 29.5 Å². The van der Waals surface area contributed by atoms with Crippen LogP contribution < -0.4 is 0 Å². The second-order valence-corrected chi connectivity index (χ2v) is 8.64. The van der Waals surface area contributed by atoms with E-state index in [1.165, 1.54) is 0 Å². The lowest BCUT2D eigenvalue weighted by molar-refractivity contribution is -0.906. The minimum Gasteiger partial charge on any atom is -0.421 e. The SMILES string of the molecule is CCOCC[N+]1(C)CCOC1.O=S(=O)([N-]S(=O)(=O)C(F)(F)F)C(F)(F)F. The van der Waals surface area contributed by atoms with E-state index in [0.29, 0.717) is 0 Å². The van der Waals surface area contributed by atoms with Crippen molar-refractivity contribution in [1.82, 2.24) is 0 Å². The molecule has 1 atom stereocenters. The van der Waals surface area contributed by atoms with Gasteiger partial charge in [0.25, 0.3) is 0 Å². The van der Waals surface area contributed by atoms with E-state index in [0.717, 1.165) is 48.3 Å². The summed E-state index contributed by atoms with van der Waals surface area (Å²) in [5.41, 5.74) is -12.4. The molecule has 1 fully saturated rings. The van der Waals surface area contributed by atoms with E-state index < -0.39 is 31.1 Å². The van der Waals surface area contributed by atoms with Gasteiger partial charge < -0.3 is 13.6 Å². The molecule has 16 heteroatoms. The topological polar surface area (TPSA) is 101 Å². The smallest absolute Gasteiger partial charge is 0.421 e. The molecule has 0 N–H and O–H groups in total.